The minimum Gasteiger partial charge on any atom is -0.492 e. The standard InChI is InChI=1S/C25H31F2N2O5/c1-16(2)23(25(32)28-14-17-7-5-4-6-8-17)29-24(31)21(22(30)9-10-33-3)15-34-20-12-18(26)11-19(27)13-20/h4-8,11-13,16,22-23,30H,9-10,14-15H2,1-3H3,(H,28,32)(H,29,31). The molecule has 0 aliphatic heterocycles. The molecule has 34 heavy (non-hydrogen) atoms. The molecule has 0 aliphatic rings. The molecule has 2 unspecified atom stereocenters. The van der Waals surface area contributed by atoms with Gasteiger partial charge in [-0.05, 0) is 17.9 Å². The Morgan fingerprint density at radius 1 is 1.06 bits per heavy atom. The molecule has 0 spiro atoms. The normalized spacial score (nSPS) is 12.9. The number of carbonyl (C=O) groups is 2. The predicted octanol–water partition coefficient (Wildman–Crippen LogP) is 2.77. The molecule has 2 amide bonds. The number of carbonyl (C=O) groups excluding carboxylic acids is 2. The second kappa shape index (κ2) is 13.6. The number of benzene rings is 2. The van der Waals surface area contributed by atoms with Crippen molar-refractivity contribution in [1.82, 2.24) is 10.6 Å². The molecule has 2 atom stereocenters. The summed E-state index contributed by atoms with van der Waals surface area (Å²) < 4.78 is 37.3. The van der Waals surface area contributed by atoms with Crippen molar-refractivity contribution in [3.05, 3.63) is 71.6 Å². The van der Waals surface area contributed by atoms with E-state index < -0.39 is 36.3 Å². The number of aliphatic hydroxyl groups is 1. The Morgan fingerprint density at radius 2 is 1.71 bits per heavy atom. The molecule has 2 rings (SSSR count). The number of nitrogens with one attached hydrogen (secondary N) is 2. The van der Waals surface area contributed by atoms with E-state index in [1.807, 2.05) is 30.3 Å². The molecule has 2 aromatic rings. The van der Waals surface area contributed by atoms with Crippen molar-refractivity contribution >= 4 is 11.8 Å². The van der Waals surface area contributed by atoms with E-state index in [1.54, 1.807) is 13.8 Å². The molecular formula is C25H31F2N2O5. The van der Waals surface area contributed by atoms with Crippen LogP contribution in [0, 0.1) is 23.5 Å². The topological polar surface area (TPSA) is 96.9 Å². The maximum atomic E-state index is 13.5. The lowest BCUT2D eigenvalue weighted by atomic mass is 9.97. The molecule has 185 valence electrons. The summed E-state index contributed by atoms with van der Waals surface area (Å²) in [6, 6.07) is 11.1. The smallest absolute Gasteiger partial charge is 0.243 e. The van der Waals surface area contributed by atoms with Crippen molar-refractivity contribution in [2.45, 2.75) is 39.0 Å². The van der Waals surface area contributed by atoms with Gasteiger partial charge in [0.2, 0.25) is 11.8 Å². The van der Waals surface area contributed by atoms with E-state index in [4.69, 9.17) is 9.47 Å². The first-order valence-corrected chi connectivity index (χ1v) is 10.9. The minimum absolute atomic E-state index is 0.0900. The Balaban J connectivity index is 2.09. The Hall–Kier alpha value is -3.04. The van der Waals surface area contributed by atoms with Gasteiger partial charge in [-0.1, -0.05) is 44.2 Å². The summed E-state index contributed by atoms with van der Waals surface area (Å²) in [4.78, 5) is 25.8. The number of methoxy groups -OCH3 is 1. The second-order valence-electron chi connectivity index (χ2n) is 8.11. The summed E-state index contributed by atoms with van der Waals surface area (Å²) in [6.45, 7) is 3.58. The molecule has 9 heteroatoms. The van der Waals surface area contributed by atoms with Crippen molar-refractivity contribution < 1.29 is 33.0 Å². The highest BCUT2D eigenvalue weighted by molar-refractivity contribution is 5.95. The first kappa shape index (κ1) is 27.2. The number of halogens is 2. The van der Waals surface area contributed by atoms with E-state index in [2.05, 4.69) is 10.6 Å². The van der Waals surface area contributed by atoms with Crippen LogP contribution in [0.1, 0.15) is 25.8 Å². The van der Waals surface area contributed by atoms with Crippen LogP contribution in [0.15, 0.2) is 48.5 Å². The van der Waals surface area contributed by atoms with Gasteiger partial charge in [-0.25, -0.2) is 8.78 Å². The lowest BCUT2D eigenvalue weighted by Gasteiger charge is -2.26. The van der Waals surface area contributed by atoms with E-state index in [1.165, 1.54) is 7.11 Å². The number of amides is 2. The van der Waals surface area contributed by atoms with Crippen LogP contribution in [0.3, 0.4) is 0 Å². The summed E-state index contributed by atoms with van der Waals surface area (Å²) in [7, 11) is 1.45. The number of ether oxygens (including phenoxy) is 2. The minimum atomic E-state index is -1.25. The predicted molar refractivity (Wildman–Crippen MR) is 123 cm³/mol. The van der Waals surface area contributed by atoms with E-state index in [9.17, 15) is 23.5 Å². The lowest BCUT2D eigenvalue weighted by Crippen LogP contribution is -2.52. The molecule has 0 fully saturated rings. The Labute approximate surface area is 198 Å². The van der Waals surface area contributed by atoms with Crippen molar-refractivity contribution in [3.63, 3.8) is 0 Å². The summed E-state index contributed by atoms with van der Waals surface area (Å²) in [5, 5.41) is 16.0. The van der Waals surface area contributed by atoms with Gasteiger partial charge in [0.1, 0.15) is 36.0 Å². The van der Waals surface area contributed by atoms with Gasteiger partial charge in [-0.3, -0.25) is 9.59 Å². The number of rotatable bonds is 13. The van der Waals surface area contributed by atoms with Gasteiger partial charge in [0.05, 0.1) is 6.10 Å². The van der Waals surface area contributed by atoms with Crippen LogP contribution >= 0.6 is 0 Å². The van der Waals surface area contributed by atoms with Gasteiger partial charge >= 0.3 is 0 Å². The van der Waals surface area contributed by atoms with Crippen LogP contribution in [-0.2, 0) is 20.9 Å². The monoisotopic (exact) mass is 477 g/mol. The van der Waals surface area contributed by atoms with E-state index in [0.717, 1.165) is 17.7 Å². The molecule has 0 heterocycles. The molecule has 2 aromatic carbocycles. The third kappa shape index (κ3) is 8.72. The van der Waals surface area contributed by atoms with Crippen LogP contribution in [0.5, 0.6) is 5.75 Å². The maximum absolute atomic E-state index is 13.5. The average Bonchev–Trinajstić information content (AvgIpc) is 2.79. The Kier molecular flexibility index (Phi) is 10.9. The fourth-order valence-corrected chi connectivity index (χ4v) is 3.15. The largest absolute Gasteiger partial charge is 0.492 e. The number of aliphatic hydroxyl groups excluding tert-OH is 1. The van der Waals surface area contributed by atoms with E-state index in [-0.39, 0.29) is 36.5 Å². The zero-order chi connectivity index (χ0) is 25.1. The van der Waals surface area contributed by atoms with Crippen molar-refractivity contribution in [1.29, 1.82) is 0 Å². The highest BCUT2D eigenvalue weighted by Crippen LogP contribution is 2.19. The van der Waals surface area contributed by atoms with Gasteiger partial charge in [0.25, 0.3) is 0 Å². The summed E-state index contributed by atoms with van der Waals surface area (Å²) in [5.74, 6) is -3.24. The first-order chi connectivity index (χ1) is 16.2. The van der Waals surface area contributed by atoms with Crippen LogP contribution in [0.4, 0.5) is 8.78 Å². The summed E-state index contributed by atoms with van der Waals surface area (Å²) in [5.41, 5.74) is 0.905. The Morgan fingerprint density at radius 3 is 2.29 bits per heavy atom. The van der Waals surface area contributed by atoms with Gasteiger partial charge < -0.3 is 25.2 Å². The summed E-state index contributed by atoms with van der Waals surface area (Å²) >= 11 is 0. The molecule has 0 aliphatic carbocycles. The van der Waals surface area contributed by atoms with Crippen LogP contribution in [0.25, 0.3) is 0 Å². The number of hydrogen-bond acceptors (Lipinski definition) is 5. The van der Waals surface area contributed by atoms with Crippen molar-refractivity contribution in [3.8, 4) is 5.75 Å². The quantitative estimate of drug-likeness (QED) is 0.412. The van der Waals surface area contributed by atoms with Crippen LogP contribution < -0.4 is 15.4 Å². The van der Waals surface area contributed by atoms with Gasteiger partial charge in [0.15, 0.2) is 0 Å². The fourth-order valence-electron chi connectivity index (χ4n) is 3.15. The van der Waals surface area contributed by atoms with Gasteiger partial charge in [0, 0.05) is 38.5 Å². The van der Waals surface area contributed by atoms with Crippen molar-refractivity contribution in [2.24, 2.45) is 5.92 Å². The van der Waals surface area contributed by atoms with Crippen molar-refractivity contribution in [2.75, 3.05) is 20.3 Å². The molecule has 1 radical (unpaired) electrons. The summed E-state index contributed by atoms with van der Waals surface area (Å²) in [6.07, 6.45) is -1.16. The fraction of sp³-hybridized carbons (Fsp3) is 0.400. The molecule has 0 aromatic heterocycles. The van der Waals surface area contributed by atoms with Crippen LogP contribution in [0.2, 0.25) is 0 Å². The lowest BCUT2D eigenvalue weighted by molar-refractivity contribution is -0.130. The molecular weight excluding hydrogens is 446 g/mol. The van der Waals surface area contributed by atoms with E-state index in [0.29, 0.717) is 12.6 Å². The first-order valence-electron chi connectivity index (χ1n) is 10.9. The number of hydrogen-bond donors (Lipinski definition) is 3. The second-order valence-corrected chi connectivity index (χ2v) is 8.11. The molecule has 7 nitrogen and oxygen atoms in total. The highest BCUT2D eigenvalue weighted by Gasteiger charge is 2.33. The third-order valence-electron chi connectivity index (χ3n) is 5.07. The van der Waals surface area contributed by atoms with E-state index >= 15 is 0 Å². The zero-order valence-electron chi connectivity index (χ0n) is 19.5. The van der Waals surface area contributed by atoms with Gasteiger partial charge in [-0.2, -0.15) is 0 Å². The zero-order valence-corrected chi connectivity index (χ0v) is 19.5. The van der Waals surface area contributed by atoms with Crippen LogP contribution in [-0.4, -0.2) is 49.4 Å². The van der Waals surface area contributed by atoms with Gasteiger partial charge in [-0.15, -0.1) is 0 Å². The molecule has 0 saturated carbocycles. The third-order valence-corrected chi connectivity index (χ3v) is 5.07. The average molecular weight is 478 g/mol. The Bertz CT molecular complexity index is 907. The molecule has 0 bridgehead atoms. The SMILES string of the molecule is COCCC(O)[C](COc1cc(F)cc(F)c1)C(=O)NC(C(=O)NCc1ccccc1)C(C)C. The molecule has 0 saturated heterocycles. The molecule has 3 N–H and O–H groups in total. The highest BCUT2D eigenvalue weighted by atomic mass is 19.1. The maximum Gasteiger partial charge on any atom is 0.243 e.